The zero-order chi connectivity index (χ0) is 12.8. The van der Waals surface area contributed by atoms with Crippen LogP contribution in [0.25, 0.3) is 0 Å². The lowest BCUT2D eigenvalue weighted by Gasteiger charge is -2.14. The minimum absolute atomic E-state index is 0.347. The lowest BCUT2D eigenvalue weighted by atomic mass is 10.0. The molecule has 0 aliphatic rings. The molecule has 1 unspecified atom stereocenters. The normalized spacial score (nSPS) is 12.9. The summed E-state index contributed by atoms with van der Waals surface area (Å²) in [7, 11) is 0. The third kappa shape index (κ3) is 5.33. The monoisotopic (exact) mass is 254 g/mol. The standard InChI is InChI=1S/C13H22N2OS/c1-9(2)4-5-10(3)15-7-12-6-11(8-17-12)13(14)16/h6,8-10,15H,4-5,7H2,1-3H3,(H2,14,16). The Balaban J connectivity index is 2.31. The van der Waals surface area contributed by atoms with Crippen molar-refractivity contribution in [3.8, 4) is 0 Å². The number of amides is 1. The molecule has 1 atom stereocenters. The van der Waals surface area contributed by atoms with Crippen LogP contribution in [0.2, 0.25) is 0 Å². The van der Waals surface area contributed by atoms with E-state index in [0.29, 0.717) is 11.6 Å². The molecule has 1 aromatic rings. The highest BCUT2D eigenvalue weighted by molar-refractivity contribution is 7.10. The van der Waals surface area contributed by atoms with Gasteiger partial charge in [-0.15, -0.1) is 11.3 Å². The van der Waals surface area contributed by atoms with E-state index < -0.39 is 0 Å². The van der Waals surface area contributed by atoms with Gasteiger partial charge in [-0.1, -0.05) is 13.8 Å². The molecular weight excluding hydrogens is 232 g/mol. The van der Waals surface area contributed by atoms with Gasteiger partial charge in [0.2, 0.25) is 5.91 Å². The van der Waals surface area contributed by atoms with Gasteiger partial charge >= 0.3 is 0 Å². The molecule has 1 amide bonds. The molecule has 0 aliphatic carbocycles. The molecule has 3 N–H and O–H groups in total. The molecule has 0 aromatic carbocycles. The van der Waals surface area contributed by atoms with Crippen molar-refractivity contribution >= 4 is 17.2 Å². The fourth-order valence-electron chi connectivity index (χ4n) is 1.56. The SMILES string of the molecule is CC(C)CCC(C)NCc1cc(C(N)=O)cs1. The largest absolute Gasteiger partial charge is 0.366 e. The summed E-state index contributed by atoms with van der Waals surface area (Å²) in [5.41, 5.74) is 5.82. The number of nitrogens with two attached hydrogens (primary N) is 1. The van der Waals surface area contributed by atoms with Crippen molar-refractivity contribution in [2.75, 3.05) is 0 Å². The second-order valence-corrected chi connectivity index (χ2v) is 5.91. The van der Waals surface area contributed by atoms with Gasteiger partial charge in [0.25, 0.3) is 0 Å². The summed E-state index contributed by atoms with van der Waals surface area (Å²) in [6.07, 6.45) is 2.43. The van der Waals surface area contributed by atoms with E-state index >= 15 is 0 Å². The van der Waals surface area contributed by atoms with Gasteiger partial charge in [-0.3, -0.25) is 4.79 Å². The highest BCUT2D eigenvalue weighted by atomic mass is 32.1. The fraction of sp³-hybridized carbons (Fsp3) is 0.615. The number of rotatable bonds is 7. The summed E-state index contributed by atoms with van der Waals surface area (Å²) in [5.74, 6) is 0.405. The summed E-state index contributed by atoms with van der Waals surface area (Å²) in [5, 5.41) is 5.28. The van der Waals surface area contributed by atoms with E-state index in [4.69, 9.17) is 5.73 Å². The molecule has 1 rings (SSSR count). The van der Waals surface area contributed by atoms with Crippen LogP contribution in [0.3, 0.4) is 0 Å². The molecule has 0 aliphatic heterocycles. The molecule has 1 heterocycles. The lowest BCUT2D eigenvalue weighted by molar-refractivity contribution is 0.100. The van der Waals surface area contributed by atoms with E-state index in [2.05, 4.69) is 26.1 Å². The topological polar surface area (TPSA) is 55.1 Å². The molecular formula is C13H22N2OS. The Kier molecular flexibility index (Phi) is 5.65. The Morgan fingerprint density at radius 3 is 2.65 bits per heavy atom. The van der Waals surface area contributed by atoms with Crippen LogP contribution in [0.15, 0.2) is 11.4 Å². The van der Waals surface area contributed by atoms with Crippen LogP contribution in [0.5, 0.6) is 0 Å². The van der Waals surface area contributed by atoms with Crippen LogP contribution in [0.1, 0.15) is 48.8 Å². The van der Waals surface area contributed by atoms with Gasteiger partial charge in [0, 0.05) is 22.8 Å². The number of thiophene rings is 1. The zero-order valence-corrected chi connectivity index (χ0v) is 11.6. The average molecular weight is 254 g/mol. The third-order valence-electron chi connectivity index (χ3n) is 2.74. The number of carbonyl (C=O) groups excluding carboxylic acids is 1. The van der Waals surface area contributed by atoms with E-state index in [1.807, 2.05) is 11.4 Å². The fourth-order valence-corrected chi connectivity index (χ4v) is 2.39. The van der Waals surface area contributed by atoms with Crippen molar-refractivity contribution < 1.29 is 4.79 Å². The first kappa shape index (κ1) is 14.2. The zero-order valence-electron chi connectivity index (χ0n) is 10.8. The summed E-state index contributed by atoms with van der Waals surface area (Å²) >= 11 is 1.58. The van der Waals surface area contributed by atoms with E-state index in [-0.39, 0.29) is 5.91 Å². The van der Waals surface area contributed by atoms with E-state index in [9.17, 15) is 4.79 Å². The molecule has 0 saturated carbocycles. The number of primary amides is 1. The quantitative estimate of drug-likeness (QED) is 0.786. The Bertz CT molecular complexity index is 360. The molecule has 17 heavy (non-hydrogen) atoms. The van der Waals surface area contributed by atoms with E-state index in [1.54, 1.807) is 11.3 Å². The highest BCUT2D eigenvalue weighted by Crippen LogP contribution is 2.14. The van der Waals surface area contributed by atoms with Gasteiger partial charge in [0.15, 0.2) is 0 Å². The van der Waals surface area contributed by atoms with Crippen LogP contribution < -0.4 is 11.1 Å². The summed E-state index contributed by atoms with van der Waals surface area (Å²) in [6, 6.07) is 2.38. The van der Waals surface area contributed by atoms with Gasteiger partial charge in [0.05, 0.1) is 5.56 Å². The van der Waals surface area contributed by atoms with Crippen LogP contribution in [-0.4, -0.2) is 11.9 Å². The highest BCUT2D eigenvalue weighted by Gasteiger charge is 2.07. The van der Waals surface area contributed by atoms with Gasteiger partial charge in [-0.05, 0) is 31.7 Å². The maximum Gasteiger partial charge on any atom is 0.249 e. The second-order valence-electron chi connectivity index (χ2n) is 4.92. The Morgan fingerprint density at radius 2 is 2.12 bits per heavy atom. The number of hydrogen-bond acceptors (Lipinski definition) is 3. The first-order chi connectivity index (χ1) is 7.99. The van der Waals surface area contributed by atoms with Crippen molar-refractivity contribution in [2.45, 2.75) is 46.2 Å². The van der Waals surface area contributed by atoms with Crippen molar-refractivity contribution in [3.05, 3.63) is 21.9 Å². The molecule has 3 nitrogen and oxygen atoms in total. The van der Waals surface area contributed by atoms with Crippen LogP contribution in [-0.2, 0) is 6.54 Å². The maximum atomic E-state index is 10.9. The Morgan fingerprint density at radius 1 is 1.41 bits per heavy atom. The van der Waals surface area contributed by atoms with E-state index in [0.717, 1.165) is 17.3 Å². The minimum Gasteiger partial charge on any atom is -0.366 e. The minimum atomic E-state index is -0.347. The Labute approximate surface area is 107 Å². The third-order valence-corrected chi connectivity index (χ3v) is 3.68. The molecule has 96 valence electrons. The number of carbonyl (C=O) groups is 1. The molecule has 0 spiro atoms. The maximum absolute atomic E-state index is 10.9. The average Bonchev–Trinajstić information content (AvgIpc) is 2.72. The molecule has 0 saturated heterocycles. The van der Waals surface area contributed by atoms with Crippen LogP contribution in [0.4, 0.5) is 0 Å². The molecule has 0 fully saturated rings. The number of hydrogen-bond donors (Lipinski definition) is 2. The van der Waals surface area contributed by atoms with Gasteiger partial charge in [-0.2, -0.15) is 0 Å². The van der Waals surface area contributed by atoms with Gasteiger partial charge in [-0.25, -0.2) is 0 Å². The van der Waals surface area contributed by atoms with Crippen molar-refractivity contribution in [3.63, 3.8) is 0 Å². The van der Waals surface area contributed by atoms with Crippen molar-refractivity contribution in [2.24, 2.45) is 11.7 Å². The first-order valence-corrected chi connectivity index (χ1v) is 6.97. The lowest BCUT2D eigenvalue weighted by Crippen LogP contribution is -2.25. The predicted octanol–water partition coefficient (Wildman–Crippen LogP) is 2.76. The van der Waals surface area contributed by atoms with Gasteiger partial charge < -0.3 is 11.1 Å². The molecule has 4 heteroatoms. The van der Waals surface area contributed by atoms with Crippen molar-refractivity contribution in [1.82, 2.24) is 5.32 Å². The predicted molar refractivity (Wildman–Crippen MR) is 73.2 cm³/mol. The molecule has 1 aromatic heterocycles. The van der Waals surface area contributed by atoms with Crippen LogP contribution in [0, 0.1) is 5.92 Å². The van der Waals surface area contributed by atoms with E-state index in [1.165, 1.54) is 12.8 Å². The molecule has 0 radical (unpaired) electrons. The summed E-state index contributed by atoms with van der Waals surface area (Å²) < 4.78 is 0. The first-order valence-electron chi connectivity index (χ1n) is 6.09. The van der Waals surface area contributed by atoms with Crippen LogP contribution >= 0.6 is 11.3 Å². The second kappa shape index (κ2) is 6.77. The molecule has 0 bridgehead atoms. The van der Waals surface area contributed by atoms with Gasteiger partial charge in [0.1, 0.15) is 0 Å². The smallest absolute Gasteiger partial charge is 0.249 e. The van der Waals surface area contributed by atoms with Crippen molar-refractivity contribution in [1.29, 1.82) is 0 Å². The Hall–Kier alpha value is -0.870. The summed E-state index contributed by atoms with van der Waals surface area (Å²) in [4.78, 5) is 12.1. The number of nitrogens with one attached hydrogen (secondary N) is 1. The summed E-state index contributed by atoms with van der Waals surface area (Å²) in [6.45, 7) is 7.50.